The summed E-state index contributed by atoms with van der Waals surface area (Å²) in [6, 6.07) is 0. The Morgan fingerprint density at radius 3 is 1.38 bits per heavy atom. The molecule has 7 heteroatoms. The first-order valence-corrected chi connectivity index (χ1v) is 13.1. The second-order valence-corrected chi connectivity index (χ2v) is 9.87. The molecule has 0 aliphatic carbocycles. The molecule has 5 unspecified atom stereocenters. The number of likely N-dealkylation sites (N-methyl/N-ethyl adjacent to an activating group) is 1. The topological polar surface area (TPSA) is 121 Å². The van der Waals surface area contributed by atoms with Crippen molar-refractivity contribution >= 4 is 0 Å². The Labute approximate surface area is 196 Å². The van der Waals surface area contributed by atoms with Crippen LogP contribution in [0.15, 0.2) is 0 Å². The number of rotatable bonds is 23. The highest BCUT2D eigenvalue weighted by molar-refractivity contribution is 4.80. The maximum absolute atomic E-state index is 10.3. The van der Waals surface area contributed by atoms with Crippen molar-refractivity contribution in [2.75, 3.05) is 39.9 Å². The van der Waals surface area contributed by atoms with Crippen molar-refractivity contribution in [1.29, 1.82) is 0 Å². The van der Waals surface area contributed by atoms with E-state index in [1.807, 2.05) is 7.05 Å². The summed E-state index contributed by atoms with van der Waals surface area (Å²) < 4.78 is 0.384. The van der Waals surface area contributed by atoms with Crippen LogP contribution in [0.3, 0.4) is 0 Å². The minimum absolute atomic E-state index is 0.0280. The van der Waals surface area contributed by atoms with Crippen molar-refractivity contribution in [2.24, 2.45) is 0 Å². The van der Waals surface area contributed by atoms with E-state index in [4.69, 9.17) is 5.11 Å². The Morgan fingerprint density at radius 2 is 0.969 bits per heavy atom. The molecule has 6 N–H and O–H groups in total. The van der Waals surface area contributed by atoms with E-state index >= 15 is 0 Å². The highest BCUT2D eigenvalue weighted by atomic mass is 16.4. The zero-order valence-electron chi connectivity index (χ0n) is 20.9. The molecule has 0 bridgehead atoms. The lowest BCUT2D eigenvalue weighted by Crippen LogP contribution is -2.56. The highest BCUT2D eigenvalue weighted by Crippen LogP contribution is 2.16. The van der Waals surface area contributed by atoms with Crippen LogP contribution in [0, 0.1) is 0 Å². The van der Waals surface area contributed by atoms with Gasteiger partial charge in [0.05, 0.1) is 26.8 Å². The van der Waals surface area contributed by atoms with Crippen LogP contribution in [0.1, 0.15) is 96.8 Å². The van der Waals surface area contributed by atoms with E-state index in [2.05, 4.69) is 6.92 Å². The first-order chi connectivity index (χ1) is 15.3. The van der Waals surface area contributed by atoms with Crippen LogP contribution >= 0.6 is 0 Å². The molecule has 0 heterocycles. The number of aliphatic hydroxyl groups is 6. The van der Waals surface area contributed by atoms with Crippen molar-refractivity contribution in [3.8, 4) is 0 Å². The number of aliphatic hydroxyl groups excluding tert-OH is 6. The molecule has 0 saturated carbocycles. The normalized spacial score (nSPS) is 17.6. The van der Waals surface area contributed by atoms with E-state index in [-0.39, 0.29) is 13.2 Å². The second kappa shape index (κ2) is 20.1. The summed E-state index contributed by atoms with van der Waals surface area (Å²) in [6.45, 7) is 2.91. The van der Waals surface area contributed by atoms with Gasteiger partial charge in [0, 0.05) is 0 Å². The van der Waals surface area contributed by atoms with E-state index < -0.39 is 31.0 Å². The standard InChI is InChI=1S/C25H54NO6/c1-3-4-5-6-7-8-9-10-11-12-13-14-15-16-17-26(2,18-19-27)20-22(29)24(31)25(32)23(30)21-28/h22-25,27-32H,3-21H2,1-2H3/q+1. The van der Waals surface area contributed by atoms with Crippen molar-refractivity contribution in [1.82, 2.24) is 0 Å². The molecule has 0 spiro atoms. The molecule has 0 amide bonds. The Morgan fingerprint density at radius 1 is 0.562 bits per heavy atom. The number of unbranched alkanes of at least 4 members (excludes halogenated alkanes) is 13. The van der Waals surface area contributed by atoms with Crippen molar-refractivity contribution in [3.05, 3.63) is 0 Å². The molecule has 0 aliphatic rings. The number of nitrogens with zero attached hydrogens (tertiary/aromatic N) is 1. The lowest BCUT2D eigenvalue weighted by Gasteiger charge is -2.37. The fourth-order valence-electron chi connectivity index (χ4n) is 4.35. The maximum Gasteiger partial charge on any atom is 0.131 e. The van der Waals surface area contributed by atoms with Crippen LogP contribution in [0.25, 0.3) is 0 Å². The fourth-order valence-corrected chi connectivity index (χ4v) is 4.35. The number of hydrogen-bond acceptors (Lipinski definition) is 6. The molecule has 0 aromatic carbocycles. The number of quaternary nitrogens is 1. The van der Waals surface area contributed by atoms with Crippen LogP contribution in [-0.4, -0.2) is 99.4 Å². The predicted molar refractivity (Wildman–Crippen MR) is 129 cm³/mol. The summed E-state index contributed by atoms with van der Waals surface area (Å²) in [4.78, 5) is 0. The van der Waals surface area contributed by atoms with E-state index in [9.17, 15) is 25.5 Å². The van der Waals surface area contributed by atoms with Gasteiger partial charge in [0.1, 0.15) is 37.5 Å². The third-order valence-corrected chi connectivity index (χ3v) is 6.64. The minimum atomic E-state index is -1.61. The quantitative estimate of drug-likeness (QED) is 0.102. The molecule has 0 aromatic heterocycles. The summed E-state index contributed by atoms with van der Waals surface area (Å²) in [5.74, 6) is 0. The van der Waals surface area contributed by atoms with Gasteiger partial charge >= 0.3 is 0 Å². The van der Waals surface area contributed by atoms with E-state index in [0.717, 1.165) is 19.4 Å². The molecule has 5 atom stereocenters. The fraction of sp³-hybridized carbons (Fsp3) is 1.00. The molecule has 0 aromatic rings. The lowest BCUT2D eigenvalue weighted by atomic mass is 10.0. The predicted octanol–water partition coefficient (Wildman–Crippen LogP) is 2.34. The van der Waals surface area contributed by atoms with E-state index in [1.165, 1.54) is 77.0 Å². The van der Waals surface area contributed by atoms with Crippen LogP contribution in [0.2, 0.25) is 0 Å². The third kappa shape index (κ3) is 15.5. The second-order valence-electron chi connectivity index (χ2n) is 9.87. The largest absolute Gasteiger partial charge is 0.394 e. The molecular weight excluding hydrogens is 410 g/mol. The molecule has 0 aliphatic heterocycles. The van der Waals surface area contributed by atoms with Gasteiger partial charge in [0.25, 0.3) is 0 Å². The van der Waals surface area contributed by atoms with E-state index in [0.29, 0.717) is 11.0 Å². The molecular formula is C25H54NO6+. The van der Waals surface area contributed by atoms with Gasteiger partial charge in [-0.3, -0.25) is 0 Å². The van der Waals surface area contributed by atoms with Gasteiger partial charge < -0.3 is 35.1 Å². The Kier molecular flexibility index (Phi) is 19.9. The lowest BCUT2D eigenvalue weighted by molar-refractivity contribution is -0.913. The summed E-state index contributed by atoms with van der Waals surface area (Å²) >= 11 is 0. The average Bonchev–Trinajstić information content (AvgIpc) is 2.77. The van der Waals surface area contributed by atoms with Crippen LogP contribution in [0.5, 0.6) is 0 Å². The third-order valence-electron chi connectivity index (χ3n) is 6.64. The molecule has 194 valence electrons. The SMILES string of the molecule is CCCCCCCCCCCCCCCC[N+](C)(CCO)CC(O)C(O)C(O)C(O)CO. The van der Waals surface area contributed by atoms with Gasteiger partial charge in [0.2, 0.25) is 0 Å². The smallest absolute Gasteiger partial charge is 0.131 e. The van der Waals surface area contributed by atoms with Gasteiger partial charge in [-0.25, -0.2) is 0 Å². The zero-order chi connectivity index (χ0) is 24.2. The molecule has 0 rings (SSSR count). The summed E-state index contributed by atoms with van der Waals surface area (Å²) in [5, 5.41) is 58.0. The summed E-state index contributed by atoms with van der Waals surface area (Å²) in [7, 11) is 1.92. The maximum atomic E-state index is 10.3. The molecule has 0 radical (unpaired) electrons. The first-order valence-electron chi connectivity index (χ1n) is 13.1. The molecule has 0 saturated heterocycles. The minimum Gasteiger partial charge on any atom is -0.394 e. The summed E-state index contributed by atoms with van der Waals surface area (Å²) in [6.07, 6.45) is 12.1. The monoisotopic (exact) mass is 464 g/mol. The van der Waals surface area contributed by atoms with Crippen molar-refractivity contribution in [2.45, 2.75) is 121 Å². The van der Waals surface area contributed by atoms with Gasteiger partial charge in [0.15, 0.2) is 0 Å². The van der Waals surface area contributed by atoms with Crippen LogP contribution < -0.4 is 0 Å². The average molecular weight is 465 g/mol. The zero-order valence-corrected chi connectivity index (χ0v) is 20.9. The van der Waals surface area contributed by atoms with Crippen LogP contribution in [-0.2, 0) is 0 Å². The first kappa shape index (κ1) is 31.7. The molecule has 0 fully saturated rings. The Bertz CT molecular complexity index is 414. The van der Waals surface area contributed by atoms with Crippen molar-refractivity contribution < 1.29 is 35.1 Å². The number of hydrogen-bond donors (Lipinski definition) is 6. The molecule has 32 heavy (non-hydrogen) atoms. The van der Waals surface area contributed by atoms with Gasteiger partial charge in [-0.15, -0.1) is 0 Å². The van der Waals surface area contributed by atoms with Crippen molar-refractivity contribution in [3.63, 3.8) is 0 Å². The van der Waals surface area contributed by atoms with Gasteiger partial charge in [-0.05, 0) is 12.8 Å². The van der Waals surface area contributed by atoms with E-state index in [1.54, 1.807) is 0 Å². The molecule has 7 nitrogen and oxygen atoms in total. The van der Waals surface area contributed by atoms with Gasteiger partial charge in [-0.2, -0.15) is 0 Å². The van der Waals surface area contributed by atoms with Gasteiger partial charge in [-0.1, -0.05) is 84.0 Å². The summed E-state index contributed by atoms with van der Waals surface area (Å²) in [5.41, 5.74) is 0. The highest BCUT2D eigenvalue weighted by Gasteiger charge is 2.35. The Balaban J connectivity index is 3.96. The van der Waals surface area contributed by atoms with Crippen LogP contribution in [0.4, 0.5) is 0 Å². The Hall–Kier alpha value is -0.280.